The number of hydrogen-bond acceptors (Lipinski definition) is 2. The van der Waals surface area contributed by atoms with Crippen LogP contribution in [0, 0.1) is 5.92 Å². The van der Waals surface area contributed by atoms with E-state index in [1.807, 2.05) is 0 Å². The molecule has 0 saturated carbocycles. The number of carboxylic acids is 1. The Labute approximate surface area is 144 Å². The third-order valence-corrected chi connectivity index (χ3v) is 4.66. The van der Waals surface area contributed by atoms with E-state index in [2.05, 4.69) is 25.9 Å². The summed E-state index contributed by atoms with van der Waals surface area (Å²) in [5.74, 6) is -0.711. The highest BCUT2D eigenvalue weighted by Gasteiger charge is 2.16. The van der Waals surface area contributed by atoms with Crippen molar-refractivity contribution in [2.75, 3.05) is 20.6 Å². The summed E-state index contributed by atoms with van der Waals surface area (Å²) in [6.07, 6.45) is 17.0. The summed E-state index contributed by atoms with van der Waals surface area (Å²) in [6.45, 7) is 3.32. The lowest BCUT2D eigenvalue weighted by Gasteiger charge is -2.13. The van der Waals surface area contributed by atoms with Gasteiger partial charge in [-0.2, -0.15) is 0 Å². The van der Waals surface area contributed by atoms with Crippen molar-refractivity contribution in [1.29, 1.82) is 0 Å². The Morgan fingerprint density at radius 3 is 1.65 bits per heavy atom. The van der Waals surface area contributed by atoms with Gasteiger partial charge in [-0.25, -0.2) is 0 Å². The standard InChI is InChI=1S/C20H41NO2/c1-4-5-6-7-8-9-10-11-12-13-16-19(20(22)23)17-14-15-18-21(2)3/h19H,4-18H2,1-3H3,(H,22,23). The Morgan fingerprint density at radius 2 is 1.22 bits per heavy atom. The summed E-state index contributed by atoms with van der Waals surface area (Å²) in [4.78, 5) is 13.5. The summed E-state index contributed by atoms with van der Waals surface area (Å²) in [5, 5.41) is 9.31. The first-order chi connectivity index (χ1) is 11.1. The van der Waals surface area contributed by atoms with Crippen molar-refractivity contribution < 1.29 is 9.90 Å². The summed E-state index contributed by atoms with van der Waals surface area (Å²) >= 11 is 0. The van der Waals surface area contributed by atoms with Gasteiger partial charge in [-0.05, 0) is 39.9 Å². The van der Waals surface area contributed by atoms with E-state index < -0.39 is 5.97 Å². The largest absolute Gasteiger partial charge is 0.481 e. The van der Waals surface area contributed by atoms with Gasteiger partial charge in [0.1, 0.15) is 0 Å². The zero-order chi connectivity index (χ0) is 17.3. The van der Waals surface area contributed by atoms with Gasteiger partial charge in [-0.3, -0.25) is 4.79 Å². The quantitative estimate of drug-likeness (QED) is 0.347. The normalized spacial score (nSPS) is 12.7. The average Bonchev–Trinajstić information content (AvgIpc) is 2.50. The van der Waals surface area contributed by atoms with Gasteiger partial charge in [0.25, 0.3) is 0 Å². The smallest absolute Gasteiger partial charge is 0.306 e. The van der Waals surface area contributed by atoms with Gasteiger partial charge in [0.05, 0.1) is 5.92 Å². The first kappa shape index (κ1) is 22.4. The van der Waals surface area contributed by atoms with Gasteiger partial charge in [0.15, 0.2) is 0 Å². The maximum atomic E-state index is 11.3. The highest BCUT2D eigenvalue weighted by atomic mass is 16.4. The molecule has 0 spiro atoms. The van der Waals surface area contributed by atoms with Crippen LogP contribution in [0.5, 0.6) is 0 Å². The molecule has 0 rings (SSSR count). The molecule has 0 aromatic carbocycles. The monoisotopic (exact) mass is 327 g/mol. The number of rotatable bonds is 17. The molecule has 1 atom stereocenters. The van der Waals surface area contributed by atoms with Gasteiger partial charge < -0.3 is 10.0 Å². The van der Waals surface area contributed by atoms with E-state index in [1.54, 1.807) is 0 Å². The Balaban J connectivity index is 3.48. The van der Waals surface area contributed by atoms with E-state index in [4.69, 9.17) is 0 Å². The summed E-state index contributed by atoms with van der Waals surface area (Å²) in [5.41, 5.74) is 0. The van der Waals surface area contributed by atoms with Gasteiger partial charge in [-0.1, -0.05) is 77.6 Å². The van der Waals surface area contributed by atoms with Crippen molar-refractivity contribution in [3.63, 3.8) is 0 Å². The predicted octanol–water partition coefficient (Wildman–Crippen LogP) is 5.73. The van der Waals surface area contributed by atoms with Gasteiger partial charge in [0.2, 0.25) is 0 Å². The van der Waals surface area contributed by atoms with Crippen molar-refractivity contribution in [3.05, 3.63) is 0 Å². The van der Waals surface area contributed by atoms with Crippen LogP contribution in [0.4, 0.5) is 0 Å². The van der Waals surface area contributed by atoms with Crippen molar-refractivity contribution in [2.24, 2.45) is 5.92 Å². The lowest BCUT2D eigenvalue weighted by atomic mass is 9.95. The first-order valence-corrected chi connectivity index (χ1v) is 9.95. The van der Waals surface area contributed by atoms with Gasteiger partial charge in [0, 0.05) is 0 Å². The molecule has 0 bridgehead atoms. The summed E-state index contributed by atoms with van der Waals surface area (Å²) < 4.78 is 0. The van der Waals surface area contributed by atoms with Gasteiger partial charge in [-0.15, -0.1) is 0 Å². The van der Waals surface area contributed by atoms with E-state index >= 15 is 0 Å². The molecule has 23 heavy (non-hydrogen) atoms. The van der Waals surface area contributed by atoms with Crippen LogP contribution in [-0.2, 0) is 4.79 Å². The minimum Gasteiger partial charge on any atom is -0.481 e. The van der Waals surface area contributed by atoms with Crippen molar-refractivity contribution in [3.8, 4) is 0 Å². The van der Waals surface area contributed by atoms with Crippen LogP contribution in [0.15, 0.2) is 0 Å². The minimum absolute atomic E-state index is 0.119. The molecule has 0 fully saturated rings. The third kappa shape index (κ3) is 16.1. The van der Waals surface area contributed by atoms with Crippen LogP contribution in [0.25, 0.3) is 0 Å². The maximum absolute atomic E-state index is 11.3. The number of hydrogen-bond donors (Lipinski definition) is 1. The molecule has 0 saturated heterocycles. The molecule has 3 nitrogen and oxygen atoms in total. The van der Waals surface area contributed by atoms with Crippen molar-refractivity contribution >= 4 is 5.97 Å². The highest BCUT2D eigenvalue weighted by Crippen LogP contribution is 2.18. The van der Waals surface area contributed by atoms with Crippen LogP contribution in [-0.4, -0.2) is 36.6 Å². The predicted molar refractivity (Wildman–Crippen MR) is 100.0 cm³/mol. The van der Waals surface area contributed by atoms with E-state index in [0.29, 0.717) is 0 Å². The molecule has 0 aromatic rings. The molecule has 0 aliphatic carbocycles. The lowest BCUT2D eigenvalue weighted by molar-refractivity contribution is -0.142. The molecule has 138 valence electrons. The SMILES string of the molecule is CCCCCCCCCCCCC(CCCCN(C)C)C(=O)O. The molecule has 0 amide bonds. The minimum atomic E-state index is -0.592. The fourth-order valence-electron chi connectivity index (χ4n) is 3.09. The molecule has 3 heteroatoms. The fourth-order valence-corrected chi connectivity index (χ4v) is 3.09. The second kappa shape index (κ2) is 16.3. The van der Waals surface area contributed by atoms with Crippen molar-refractivity contribution in [2.45, 2.75) is 96.8 Å². The van der Waals surface area contributed by atoms with Crippen LogP contribution >= 0.6 is 0 Å². The van der Waals surface area contributed by atoms with E-state index in [-0.39, 0.29) is 5.92 Å². The Morgan fingerprint density at radius 1 is 0.783 bits per heavy atom. The topological polar surface area (TPSA) is 40.5 Å². The molecule has 0 radical (unpaired) electrons. The number of carbonyl (C=O) groups is 1. The van der Waals surface area contributed by atoms with E-state index in [1.165, 1.54) is 57.8 Å². The molecule has 0 aliphatic heterocycles. The van der Waals surface area contributed by atoms with Crippen LogP contribution in [0.1, 0.15) is 96.8 Å². The van der Waals surface area contributed by atoms with Gasteiger partial charge >= 0.3 is 5.97 Å². The zero-order valence-corrected chi connectivity index (χ0v) is 16.0. The Kier molecular flexibility index (Phi) is 15.9. The number of aliphatic carboxylic acids is 1. The fraction of sp³-hybridized carbons (Fsp3) is 0.950. The number of nitrogens with zero attached hydrogens (tertiary/aromatic N) is 1. The molecule has 0 heterocycles. The summed E-state index contributed by atoms with van der Waals surface area (Å²) in [6, 6.07) is 0. The van der Waals surface area contributed by atoms with Crippen LogP contribution in [0.3, 0.4) is 0 Å². The maximum Gasteiger partial charge on any atom is 0.306 e. The van der Waals surface area contributed by atoms with Crippen molar-refractivity contribution in [1.82, 2.24) is 4.90 Å². The number of unbranched alkanes of at least 4 members (excludes halogenated alkanes) is 10. The van der Waals surface area contributed by atoms with Crippen LogP contribution in [0.2, 0.25) is 0 Å². The number of carboxylic acid groups (broad SMARTS) is 1. The highest BCUT2D eigenvalue weighted by molar-refractivity contribution is 5.69. The summed E-state index contributed by atoms with van der Waals surface area (Å²) in [7, 11) is 4.14. The average molecular weight is 328 g/mol. The Hall–Kier alpha value is -0.570. The second-order valence-electron chi connectivity index (χ2n) is 7.30. The van der Waals surface area contributed by atoms with E-state index in [0.717, 1.165) is 38.6 Å². The zero-order valence-electron chi connectivity index (χ0n) is 16.0. The molecule has 1 N–H and O–H groups in total. The lowest BCUT2D eigenvalue weighted by Crippen LogP contribution is -2.16. The molecule has 0 aromatic heterocycles. The first-order valence-electron chi connectivity index (χ1n) is 9.95. The molecular weight excluding hydrogens is 286 g/mol. The van der Waals surface area contributed by atoms with Crippen LogP contribution < -0.4 is 0 Å². The Bertz CT molecular complexity index is 266. The third-order valence-electron chi connectivity index (χ3n) is 4.66. The molecule has 0 aliphatic rings. The second-order valence-corrected chi connectivity index (χ2v) is 7.30. The molecule has 1 unspecified atom stereocenters. The molecular formula is C20H41NO2. The van der Waals surface area contributed by atoms with E-state index in [9.17, 15) is 9.90 Å².